The Kier molecular flexibility index (Phi) is 5.19. The van der Waals surface area contributed by atoms with Crippen molar-refractivity contribution in [3.05, 3.63) is 46.0 Å². The number of aromatic nitrogens is 1. The van der Waals surface area contributed by atoms with Gasteiger partial charge in [-0.2, -0.15) is 0 Å². The van der Waals surface area contributed by atoms with Crippen LogP contribution >= 0.6 is 11.6 Å². The minimum atomic E-state index is -4.22. The second-order valence-corrected chi connectivity index (χ2v) is 7.08. The summed E-state index contributed by atoms with van der Waals surface area (Å²) in [7, 11) is -4.22. The number of nitrogens with one attached hydrogen (secondary N) is 2. The van der Waals surface area contributed by atoms with E-state index in [0.29, 0.717) is 5.69 Å². The van der Waals surface area contributed by atoms with Gasteiger partial charge in [-0.25, -0.2) is 17.6 Å². The summed E-state index contributed by atoms with van der Waals surface area (Å²) in [4.78, 5) is 14.6. The Hall–Kier alpha value is -2.06. The first kappa shape index (κ1) is 18.3. The molecule has 0 amide bonds. The third-order valence-corrected chi connectivity index (χ3v) is 5.01. The summed E-state index contributed by atoms with van der Waals surface area (Å²) in [5, 5.41) is 0.135. The molecule has 0 unspecified atom stereocenters. The van der Waals surface area contributed by atoms with Crippen molar-refractivity contribution in [1.29, 1.82) is 0 Å². The predicted octanol–water partition coefficient (Wildman–Crippen LogP) is 3.40. The van der Waals surface area contributed by atoms with E-state index >= 15 is 0 Å². The monoisotopic (exact) mass is 374 g/mol. The molecule has 130 valence electrons. The van der Waals surface area contributed by atoms with Crippen molar-refractivity contribution in [3.8, 4) is 0 Å². The quantitative estimate of drug-likeness (QED) is 0.785. The number of carbonyl (C=O) groups is 1. The number of aryl methyl sites for hydroxylation is 2. The lowest BCUT2D eigenvalue weighted by Crippen LogP contribution is -2.18. The van der Waals surface area contributed by atoms with E-state index in [2.05, 4.69) is 9.71 Å². The molecular formula is C15H16ClFN2O4S. The van der Waals surface area contributed by atoms with Crippen LogP contribution in [0.2, 0.25) is 5.02 Å². The number of ether oxygens (including phenoxy) is 1. The van der Waals surface area contributed by atoms with Crippen LogP contribution < -0.4 is 4.72 Å². The first-order valence-electron chi connectivity index (χ1n) is 7.01. The number of benzene rings is 1. The van der Waals surface area contributed by atoms with Crippen LogP contribution in [0.1, 0.15) is 28.7 Å². The maximum Gasteiger partial charge on any atom is 0.341 e. The Morgan fingerprint density at radius 3 is 2.58 bits per heavy atom. The van der Waals surface area contributed by atoms with Gasteiger partial charge in [0.25, 0.3) is 10.0 Å². The Labute approximate surface area is 144 Å². The molecule has 0 aliphatic rings. The lowest BCUT2D eigenvalue weighted by atomic mass is 10.2. The fraction of sp³-hybridized carbons (Fsp3) is 0.267. The summed E-state index contributed by atoms with van der Waals surface area (Å²) in [6.07, 6.45) is 0. The van der Waals surface area contributed by atoms with Crippen LogP contribution in [-0.4, -0.2) is 26.0 Å². The Balaban J connectivity index is 2.51. The lowest BCUT2D eigenvalue weighted by Gasteiger charge is -2.11. The van der Waals surface area contributed by atoms with Gasteiger partial charge in [-0.3, -0.25) is 4.72 Å². The van der Waals surface area contributed by atoms with Gasteiger partial charge in [-0.05, 0) is 39.0 Å². The number of hydrogen-bond donors (Lipinski definition) is 2. The SMILES string of the molecule is CCOC(=O)c1c(C)[nH]c(C)c1S(=O)(=O)Nc1ccc(Cl)cc1F. The molecule has 2 N–H and O–H groups in total. The van der Waals surface area contributed by atoms with Crippen LogP contribution in [0.3, 0.4) is 0 Å². The van der Waals surface area contributed by atoms with Crippen LogP contribution in [0.5, 0.6) is 0 Å². The highest BCUT2D eigenvalue weighted by molar-refractivity contribution is 7.92. The smallest absolute Gasteiger partial charge is 0.341 e. The van der Waals surface area contributed by atoms with Crippen LogP contribution in [0.25, 0.3) is 0 Å². The highest BCUT2D eigenvalue weighted by Gasteiger charge is 2.30. The molecule has 1 aromatic heterocycles. The van der Waals surface area contributed by atoms with Crippen LogP contribution in [0.4, 0.5) is 10.1 Å². The molecule has 1 heterocycles. The molecule has 2 rings (SSSR count). The lowest BCUT2D eigenvalue weighted by molar-refractivity contribution is 0.0521. The number of halogens is 2. The van der Waals surface area contributed by atoms with Gasteiger partial charge in [0.05, 0.1) is 12.3 Å². The molecule has 24 heavy (non-hydrogen) atoms. The van der Waals surface area contributed by atoms with Crippen molar-refractivity contribution in [3.63, 3.8) is 0 Å². The highest BCUT2D eigenvalue weighted by Crippen LogP contribution is 2.28. The van der Waals surface area contributed by atoms with Gasteiger partial charge in [0.2, 0.25) is 0 Å². The summed E-state index contributed by atoms with van der Waals surface area (Å²) in [5.41, 5.74) is 0.226. The van der Waals surface area contributed by atoms with E-state index < -0.39 is 21.8 Å². The van der Waals surface area contributed by atoms with E-state index in [1.807, 2.05) is 0 Å². The fourth-order valence-corrected chi connectivity index (χ4v) is 3.99. The number of esters is 1. The van der Waals surface area contributed by atoms with Crippen LogP contribution in [0.15, 0.2) is 23.1 Å². The molecule has 0 saturated carbocycles. The number of rotatable bonds is 5. The zero-order valence-corrected chi connectivity index (χ0v) is 14.8. The average molecular weight is 375 g/mol. The average Bonchev–Trinajstić information content (AvgIpc) is 2.77. The van der Waals surface area contributed by atoms with E-state index in [9.17, 15) is 17.6 Å². The van der Waals surface area contributed by atoms with Gasteiger partial charge in [0.15, 0.2) is 0 Å². The van der Waals surface area contributed by atoms with Gasteiger partial charge >= 0.3 is 5.97 Å². The second-order valence-electron chi connectivity index (χ2n) is 5.03. The van der Waals surface area contributed by atoms with Gasteiger partial charge in [-0.1, -0.05) is 11.6 Å². The summed E-state index contributed by atoms with van der Waals surface area (Å²) in [6.45, 7) is 4.77. The molecule has 9 heteroatoms. The summed E-state index contributed by atoms with van der Waals surface area (Å²) >= 11 is 5.65. The zero-order chi connectivity index (χ0) is 18.1. The van der Waals surface area contributed by atoms with E-state index in [-0.39, 0.29) is 33.5 Å². The molecule has 6 nitrogen and oxygen atoms in total. The third kappa shape index (κ3) is 3.54. The normalized spacial score (nSPS) is 11.4. The third-order valence-electron chi connectivity index (χ3n) is 3.24. The fourth-order valence-electron chi connectivity index (χ4n) is 2.31. The number of H-pyrrole nitrogens is 1. The molecule has 0 aliphatic heterocycles. The molecule has 0 radical (unpaired) electrons. The Morgan fingerprint density at radius 1 is 1.33 bits per heavy atom. The van der Waals surface area contributed by atoms with Crippen LogP contribution in [-0.2, 0) is 14.8 Å². The minimum absolute atomic E-state index is 0.0984. The number of anilines is 1. The van der Waals surface area contributed by atoms with Gasteiger partial charge < -0.3 is 9.72 Å². The van der Waals surface area contributed by atoms with Gasteiger partial charge in [0.1, 0.15) is 16.3 Å². The van der Waals surface area contributed by atoms with Crippen molar-refractivity contribution < 1.29 is 22.3 Å². The molecule has 0 aliphatic carbocycles. The van der Waals surface area contributed by atoms with Gasteiger partial charge in [-0.15, -0.1) is 0 Å². The van der Waals surface area contributed by atoms with E-state index in [4.69, 9.17) is 16.3 Å². The molecule has 0 saturated heterocycles. The van der Waals surface area contributed by atoms with Crippen LogP contribution in [0, 0.1) is 19.7 Å². The standard InChI is InChI=1S/C15H16ClFN2O4S/c1-4-23-15(20)13-8(2)18-9(3)14(13)24(21,22)19-12-6-5-10(16)7-11(12)17/h5-7,18-19H,4H2,1-3H3. The summed E-state index contributed by atoms with van der Waals surface area (Å²) in [5.74, 6) is -1.59. The maximum absolute atomic E-state index is 13.9. The van der Waals surface area contributed by atoms with Gasteiger partial charge in [0, 0.05) is 16.4 Å². The van der Waals surface area contributed by atoms with E-state index in [1.165, 1.54) is 19.1 Å². The molecule has 0 atom stereocenters. The Morgan fingerprint density at radius 2 is 2.00 bits per heavy atom. The zero-order valence-electron chi connectivity index (χ0n) is 13.2. The van der Waals surface area contributed by atoms with E-state index in [1.54, 1.807) is 13.8 Å². The summed E-state index contributed by atoms with van der Waals surface area (Å²) < 4.78 is 46.2. The van der Waals surface area contributed by atoms with Crippen molar-refractivity contribution in [2.75, 3.05) is 11.3 Å². The van der Waals surface area contributed by atoms with Crippen molar-refractivity contribution in [2.24, 2.45) is 0 Å². The number of hydrogen-bond acceptors (Lipinski definition) is 4. The molecule has 0 spiro atoms. The molecular weight excluding hydrogens is 359 g/mol. The second kappa shape index (κ2) is 6.82. The molecule has 0 bridgehead atoms. The molecule has 0 fully saturated rings. The molecule has 2 aromatic rings. The van der Waals surface area contributed by atoms with E-state index in [0.717, 1.165) is 6.07 Å². The topological polar surface area (TPSA) is 88.3 Å². The molecule has 1 aromatic carbocycles. The first-order chi connectivity index (χ1) is 11.2. The first-order valence-corrected chi connectivity index (χ1v) is 8.87. The number of carbonyl (C=O) groups excluding carboxylic acids is 1. The summed E-state index contributed by atoms with van der Waals surface area (Å²) in [6, 6.07) is 3.54. The highest BCUT2D eigenvalue weighted by atomic mass is 35.5. The van der Waals surface area contributed by atoms with Crippen molar-refractivity contribution in [2.45, 2.75) is 25.7 Å². The van der Waals surface area contributed by atoms with Crippen molar-refractivity contribution in [1.82, 2.24) is 4.98 Å². The predicted molar refractivity (Wildman–Crippen MR) is 88.4 cm³/mol. The Bertz CT molecular complexity index is 893. The minimum Gasteiger partial charge on any atom is -0.462 e. The largest absolute Gasteiger partial charge is 0.462 e. The maximum atomic E-state index is 13.9. The number of sulfonamides is 1. The van der Waals surface area contributed by atoms with Crippen molar-refractivity contribution >= 4 is 33.3 Å². The number of aromatic amines is 1.